The number of tetrazole rings is 1. The molecule has 0 radical (unpaired) electrons. The molecule has 0 fully saturated rings. The number of hydrogen-bond acceptors (Lipinski definition) is 6. The zero-order valence-electron chi connectivity index (χ0n) is 11.7. The molecule has 1 amide bonds. The van der Waals surface area contributed by atoms with Crippen LogP contribution in [0.25, 0.3) is 6.08 Å². The van der Waals surface area contributed by atoms with E-state index < -0.39 is 0 Å². The van der Waals surface area contributed by atoms with Crippen LogP contribution < -0.4 is 16.6 Å². The summed E-state index contributed by atoms with van der Waals surface area (Å²) in [6.45, 7) is 1.94. The Balaban J connectivity index is 1.88. The van der Waals surface area contributed by atoms with Crippen molar-refractivity contribution in [1.82, 2.24) is 31.1 Å². The molecule has 0 bridgehead atoms. The molecule has 8 nitrogen and oxygen atoms in total. The van der Waals surface area contributed by atoms with Gasteiger partial charge in [-0.15, -0.1) is 5.10 Å². The van der Waals surface area contributed by atoms with Crippen molar-refractivity contribution in [2.24, 2.45) is 0 Å². The number of carbonyl (C=O) groups is 1. The Labute approximate surface area is 122 Å². The van der Waals surface area contributed by atoms with Crippen molar-refractivity contribution in [3.63, 3.8) is 0 Å². The average Bonchev–Trinajstić information content (AvgIpc) is 2.89. The smallest absolute Gasteiger partial charge is 0.261 e. The number of benzene rings is 1. The maximum atomic E-state index is 11.7. The first-order chi connectivity index (χ1) is 10.2. The van der Waals surface area contributed by atoms with Gasteiger partial charge in [0.2, 0.25) is 0 Å². The molecule has 2 rings (SSSR count). The number of aromatic nitrogens is 4. The van der Waals surface area contributed by atoms with Gasteiger partial charge in [-0.2, -0.15) is 4.80 Å². The van der Waals surface area contributed by atoms with Crippen molar-refractivity contribution >= 4 is 17.9 Å². The van der Waals surface area contributed by atoms with Gasteiger partial charge >= 0.3 is 0 Å². The number of allylic oxidation sites excluding steroid dienone is 1. The van der Waals surface area contributed by atoms with Crippen LogP contribution in [0.15, 0.2) is 36.0 Å². The number of nitrogens with two attached hydrogens (primary N) is 1. The van der Waals surface area contributed by atoms with Crippen LogP contribution >= 0.6 is 0 Å². The topological polar surface area (TPSA) is 111 Å². The zero-order valence-corrected chi connectivity index (χ0v) is 11.7. The molecule has 0 atom stereocenters. The van der Waals surface area contributed by atoms with Gasteiger partial charge in [0.05, 0.1) is 0 Å². The van der Waals surface area contributed by atoms with E-state index in [9.17, 15) is 4.79 Å². The average molecular weight is 287 g/mol. The van der Waals surface area contributed by atoms with E-state index in [0.717, 1.165) is 22.5 Å². The summed E-state index contributed by atoms with van der Waals surface area (Å²) in [6, 6.07) is 9.84. The number of nitrogens with one attached hydrogen (secondary N) is 2. The summed E-state index contributed by atoms with van der Waals surface area (Å²) in [5.41, 5.74) is 12.7. The van der Waals surface area contributed by atoms with Crippen LogP contribution in [0.4, 0.5) is 5.95 Å². The molecular weight excluding hydrogens is 270 g/mol. The number of hydrogen-bond donors (Lipinski definition) is 3. The van der Waals surface area contributed by atoms with Crippen molar-refractivity contribution in [2.75, 3.05) is 5.73 Å². The highest BCUT2D eigenvalue weighted by atomic mass is 16.2. The van der Waals surface area contributed by atoms with Crippen LogP contribution in [-0.2, 0) is 11.3 Å². The number of hydrazine groups is 1. The lowest BCUT2D eigenvalue weighted by molar-refractivity contribution is -0.122. The van der Waals surface area contributed by atoms with Crippen LogP contribution in [0.3, 0.4) is 0 Å². The van der Waals surface area contributed by atoms with Gasteiger partial charge in [0.1, 0.15) is 6.54 Å². The molecule has 0 aliphatic rings. The molecule has 1 aromatic carbocycles. The second-order valence-corrected chi connectivity index (χ2v) is 4.29. The third kappa shape index (κ3) is 4.60. The van der Waals surface area contributed by atoms with Gasteiger partial charge in [-0.1, -0.05) is 42.4 Å². The normalized spacial score (nSPS) is 11.2. The van der Waals surface area contributed by atoms with Gasteiger partial charge in [0.15, 0.2) is 0 Å². The number of carbonyl (C=O) groups excluding carboxylic acids is 1. The van der Waals surface area contributed by atoms with Gasteiger partial charge in [0, 0.05) is 5.70 Å². The van der Waals surface area contributed by atoms with E-state index in [0.29, 0.717) is 0 Å². The summed E-state index contributed by atoms with van der Waals surface area (Å²) in [4.78, 5) is 12.8. The molecule has 1 heterocycles. The Morgan fingerprint density at radius 2 is 2.10 bits per heavy atom. The predicted molar refractivity (Wildman–Crippen MR) is 78.2 cm³/mol. The molecule has 0 aliphatic heterocycles. The second-order valence-electron chi connectivity index (χ2n) is 4.29. The molecule has 1 aromatic heterocycles. The summed E-state index contributed by atoms with van der Waals surface area (Å²) >= 11 is 0. The van der Waals surface area contributed by atoms with E-state index in [2.05, 4.69) is 26.3 Å². The summed E-state index contributed by atoms with van der Waals surface area (Å²) in [5.74, 6) is -0.256. The van der Waals surface area contributed by atoms with E-state index in [1.165, 1.54) is 0 Å². The van der Waals surface area contributed by atoms with E-state index >= 15 is 0 Å². The third-order valence-electron chi connectivity index (χ3n) is 2.64. The van der Waals surface area contributed by atoms with Crippen LogP contribution in [0.2, 0.25) is 0 Å². The van der Waals surface area contributed by atoms with Crippen molar-refractivity contribution in [3.05, 3.63) is 41.6 Å². The molecule has 110 valence electrons. The number of amides is 1. The van der Waals surface area contributed by atoms with Crippen LogP contribution in [0.1, 0.15) is 18.9 Å². The monoisotopic (exact) mass is 287 g/mol. The SMILES string of the molecule is CCC(=Cc1ccccc1)NNC(=O)Cn1nnc(N)n1. The molecule has 4 N–H and O–H groups in total. The number of nitrogen functional groups attached to an aromatic ring is 1. The lowest BCUT2D eigenvalue weighted by atomic mass is 10.2. The van der Waals surface area contributed by atoms with Crippen LogP contribution in [0.5, 0.6) is 0 Å². The minimum Gasteiger partial charge on any atom is -0.365 e. The summed E-state index contributed by atoms with van der Waals surface area (Å²) in [7, 11) is 0. The van der Waals surface area contributed by atoms with Crippen molar-refractivity contribution in [2.45, 2.75) is 19.9 Å². The van der Waals surface area contributed by atoms with Crippen molar-refractivity contribution < 1.29 is 4.79 Å². The summed E-state index contributed by atoms with van der Waals surface area (Å²) < 4.78 is 0. The number of nitrogens with zero attached hydrogens (tertiary/aromatic N) is 4. The van der Waals surface area contributed by atoms with Gasteiger partial charge in [-0.05, 0) is 23.3 Å². The standard InChI is InChI=1S/C13H17N7O/c1-2-11(8-10-6-4-3-5-7-10)15-16-12(21)9-20-18-13(14)17-19-20/h3-8,15H,2,9H2,1H3,(H2,14,18)(H,16,21). The summed E-state index contributed by atoms with van der Waals surface area (Å²) in [6.07, 6.45) is 2.72. The molecule has 0 saturated carbocycles. The first-order valence-electron chi connectivity index (χ1n) is 6.51. The van der Waals surface area contributed by atoms with E-state index in [1.54, 1.807) is 0 Å². The molecule has 21 heavy (non-hydrogen) atoms. The van der Waals surface area contributed by atoms with Gasteiger partial charge in [0.25, 0.3) is 11.9 Å². The minimum absolute atomic E-state index is 0.0361. The fourth-order valence-electron chi connectivity index (χ4n) is 1.62. The first-order valence-corrected chi connectivity index (χ1v) is 6.51. The van der Waals surface area contributed by atoms with Gasteiger partial charge in [-0.25, -0.2) is 0 Å². The number of rotatable bonds is 6. The Morgan fingerprint density at radius 1 is 1.33 bits per heavy atom. The maximum Gasteiger partial charge on any atom is 0.261 e. The Morgan fingerprint density at radius 3 is 2.71 bits per heavy atom. The quantitative estimate of drug-likeness (QED) is 0.660. The zero-order chi connectivity index (χ0) is 15.1. The molecule has 2 aromatic rings. The molecule has 0 saturated heterocycles. The molecule has 0 unspecified atom stereocenters. The van der Waals surface area contributed by atoms with Crippen LogP contribution in [0, 0.1) is 0 Å². The highest BCUT2D eigenvalue weighted by molar-refractivity contribution is 5.75. The lowest BCUT2D eigenvalue weighted by Crippen LogP contribution is -2.39. The molecule has 0 spiro atoms. The largest absolute Gasteiger partial charge is 0.365 e. The summed E-state index contributed by atoms with van der Waals surface area (Å²) in [5, 5.41) is 10.8. The minimum atomic E-state index is -0.292. The highest BCUT2D eigenvalue weighted by Gasteiger charge is 2.05. The number of anilines is 1. The Hall–Kier alpha value is -2.90. The third-order valence-corrected chi connectivity index (χ3v) is 2.64. The van der Waals surface area contributed by atoms with E-state index in [-0.39, 0.29) is 18.4 Å². The van der Waals surface area contributed by atoms with Crippen molar-refractivity contribution in [3.8, 4) is 0 Å². The predicted octanol–water partition coefficient (Wildman–Crippen LogP) is 0.327. The maximum absolute atomic E-state index is 11.7. The fourth-order valence-corrected chi connectivity index (χ4v) is 1.62. The fraction of sp³-hybridized carbons (Fsp3) is 0.231. The Kier molecular flexibility index (Phi) is 4.86. The highest BCUT2D eigenvalue weighted by Crippen LogP contribution is 2.06. The van der Waals surface area contributed by atoms with Crippen molar-refractivity contribution in [1.29, 1.82) is 0 Å². The molecular formula is C13H17N7O. The first kappa shape index (κ1) is 14.5. The molecule has 0 aliphatic carbocycles. The van der Waals surface area contributed by atoms with Crippen LogP contribution in [-0.4, -0.2) is 26.1 Å². The van der Waals surface area contributed by atoms with Gasteiger partial charge < -0.3 is 11.2 Å². The van der Waals surface area contributed by atoms with E-state index in [4.69, 9.17) is 5.73 Å². The van der Waals surface area contributed by atoms with E-state index in [1.807, 2.05) is 43.3 Å². The second kappa shape index (κ2) is 7.04. The molecule has 8 heteroatoms. The van der Waals surface area contributed by atoms with Gasteiger partial charge in [-0.3, -0.25) is 10.2 Å². The lowest BCUT2D eigenvalue weighted by Gasteiger charge is -2.10. The Bertz CT molecular complexity index is 620.